The Kier molecular flexibility index (Phi) is 15.0. The van der Waals surface area contributed by atoms with Gasteiger partial charge in [-0.2, -0.15) is 0 Å². The summed E-state index contributed by atoms with van der Waals surface area (Å²) in [5, 5.41) is 10.2. The van der Waals surface area contributed by atoms with E-state index in [0.29, 0.717) is 25.9 Å². The van der Waals surface area contributed by atoms with E-state index < -0.39 is 8.80 Å². The summed E-state index contributed by atoms with van der Waals surface area (Å²) in [5.74, 6) is 0.868. The average molecular weight is 391 g/mol. The first-order valence-corrected chi connectivity index (χ1v) is 12.0. The second-order valence-corrected chi connectivity index (χ2v) is 9.36. The van der Waals surface area contributed by atoms with Gasteiger partial charge in [0.1, 0.15) is 0 Å². The molecule has 0 unspecified atom stereocenters. The molecule has 8 heteroatoms. The fraction of sp³-hybridized carbons (Fsp3) is 0.944. The van der Waals surface area contributed by atoms with Gasteiger partial charge in [-0.05, 0) is 61.4 Å². The van der Waals surface area contributed by atoms with E-state index >= 15 is 0 Å². The molecular formula is C18H42N4O3Si. The van der Waals surface area contributed by atoms with Crippen LogP contribution in [0.25, 0.3) is 0 Å². The van der Waals surface area contributed by atoms with Gasteiger partial charge in [0, 0.05) is 51.0 Å². The number of rotatable bonds is 15. The molecule has 0 bridgehead atoms. The fourth-order valence-electron chi connectivity index (χ4n) is 2.49. The Morgan fingerprint density at radius 3 is 1.92 bits per heavy atom. The highest BCUT2D eigenvalue weighted by Gasteiger charge is 2.39. The van der Waals surface area contributed by atoms with Crippen LogP contribution in [0.3, 0.4) is 0 Å². The molecule has 0 aliphatic carbocycles. The molecule has 156 valence electrons. The van der Waals surface area contributed by atoms with Gasteiger partial charge in [0.15, 0.2) is 5.96 Å². The number of nitrogens with one attached hydrogen (secondary N) is 3. The lowest BCUT2D eigenvalue weighted by Crippen LogP contribution is -2.46. The minimum absolute atomic E-state index is 0.269. The molecule has 0 spiro atoms. The number of aliphatic imine (C=N–C) groups is 1. The van der Waals surface area contributed by atoms with Crippen molar-refractivity contribution in [2.75, 3.05) is 39.5 Å². The molecule has 0 aromatic heterocycles. The standard InChI is InChI=1S/C18H42N4O3Si/c1-8-23-26(24-9-2,25-10-3)15-11-12-19-13-14-20-18(21-16(4)5)22-17(6)7/h16-17,19H,8-15H2,1-7H3,(H2,20,21,22). The highest BCUT2D eigenvalue weighted by molar-refractivity contribution is 6.60. The van der Waals surface area contributed by atoms with Crippen LogP contribution in [0.15, 0.2) is 4.99 Å². The van der Waals surface area contributed by atoms with Gasteiger partial charge in [0.25, 0.3) is 0 Å². The van der Waals surface area contributed by atoms with Crippen LogP contribution in [-0.4, -0.2) is 66.3 Å². The molecule has 0 rings (SSSR count). The summed E-state index contributed by atoms with van der Waals surface area (Å²) in [6.07, 6.45) is 0.976. The molecule has 0 amide bonds. The second-order valence-electron chi connectivity index (χ2n) is 6.63. The normalized spacial score (nSPS) is 12.9. The molecule has 0 saturated heterocycles. The van der Waals surface area contributed by atoms with Crippen molar-refractivity contribution < 1.29 is 13.3 Å². The third kappa shape index (κ3) is 12.6. The van der Waals surface area contributed by atoms with Gasteiger partial charge >= 0.3 is 8.80 Å². The number of hydrogen-bond acceptors (Lipinski definition) is 5. The van der Waals surface area contributed by atoms with Crippen molar-refractivity contribution in [2.45, 2.75) is 73.0 Å². The summed E-state index contributed by atoms with van der Waals surface area (Å²) < 4.78 is 17.6. The molecule has 0 saturated carbocycles. The average Bonchev–Trinajstić information content (AvgIpc) is 2.53. The maximum absolute atomic E-state index is 5.87. The van der Waals surface area contributed by atoms with Gasteiger partial charge in [0.2, 0.25) is 0 Å². The van der Waals surface area contributed by atoms with E-state index in [4.69, 9.17) is 13.3 Å². The first kappa shape index (κ1) is 25.3. The predicted molar refractivity (Wildman–Crippen MR) is 112 cm³/mol. The lowest BCUT2D eigenvalue weighted by Gasteiger charge is -2.28. The van der Waals surface area contributed by atoms with Gasteiger partial charge < -0.3 is 29.2 Å². The summed E-state index contributed by atoms with van der Waals surface area (Å²) in [6, 6.07) is 1.48. The molecule has 0 radical (unpaired) electrons. The summed E-state index contributed by atoms with van der Waals surface area (Å²) in [5.41, 5.74) is 0. The van der Waals surface area contributed by atoms with E-state index in [1.807, 2.05) is 20.8 Å². The molecule has 0 heterocycles. The monoisotopic (exact) mass is 390 g/mol. The van der Waals surface area contributed by atoms with E-state index in [9.17, 15) is 0 Å². The highest BCUT2D eigenvalue weighted by Crippen LogP contribution is 2.17. The lowest BCUT2D eigenvalue weighted by atomic mass is 10.4. The fourth-order valence-corrected chi connectivity index (χ4v) is 5.10. The zero-order valence-electron chi connectivity index (χ0n) is 18.0. The van der Waals surface area contributed by atoms with E-state index in [0.717, 1.165) is 38.1 Å². The van der Waals surface area contributed by atoms with Gasteiger partial charge in [0.05, 0.1) is 0 Å². The number of nitrogens with zero attached hydrogens (tertiary/aromatic N) is 1. The van der Waals surface area contributed by atoms with Crippen molar-refractivity contribution in [1.29, 1.82) is 0 Å². The van der Waals surface area contributed by atoms with E-state index in [-0.39, 0.29) is 6.04 Å². The Morgan fingerprint density at radius 2 is 1.46 bits per heavy atom. The Morgan fingerprint density at radius 1 is 0.885 bits per heavy atom. The van der Waals surface area contributed by atoms with Crippen molar-refractivity contribution in [3.8, 4) is 0 Å². The van der Waals surface area contributed by atoms with E-state index in [1.165, 1.54) is 0 Å². The van der Waals surface area contributed by atoms with Gasteiger partial charge in [-0.1, -0.05) is 0 Å². The quantitative estimate of drug-likeness (QED) is 0.172. The minimum Gasteiger partial charge on any atom is -0.374 e. The summed E-state index contributed by atoms with van der Waals surface area (Å²) in [4.78, 5) is 4.57. The number of hydrogen-bond donors (Lipinski definition) is 3. The Hall–Kier alpha value is -0.673. The molecule has 0 aliphatic heterocycles. The Balaban J connectivity index is 4.12. The van der Waals surface area contributed by atoms with E-state index in [2.05, 4.69) is 48.6 Å². The maximum atomic E-state index is 5.87. The lowest BCUT2D eigenvalue weighted by molar-refractivity contribution is 0.0708. The van der Waals surface area contributed by atoms with Gasteiger partial charge in [-0.25, -0.2) is 0 Å². The summed E-state index contributed by atoms with van der Waals surface area (Å²) in [6.45, 7) is 18.9. The molecule has 0 aromatic rings. The Bertz CT molecular complexity index is 351. The molecular weight excluding hydrogens is 348 g/mol. The highest BCUT2D eigenvalue weighted by atomic mass is 28.4. The van der Waals surface area contributed by atoms with Crippen molar-refractivity contribution in [3.63, 3.8) is 0 Å². The Labute approximate surface area is 162 Å². The minimum atomic E-state index is -2.50. The van der Waals surface area contributed by atoms with Crippen molar-refractivity contribution in [2.24, 2.45) is 4.99 Å². The van der Waals surface area contributed by atoms with Crippen LogP contribution < -0.4 is 16.0 Å². The summed E-state index contributed by atoms with van der Waals surface area (Å²) >= 11 is 0. The first-order valence-electron chi connectivity index (χ1n) is 10.1. The molecule has 3 N–H and O–H groups in total. The topological polar surface area (TPSA) is 76.1 Å². The molecule has 7 nitrogen and oxygen atoms in total. The molecule has 26 heavy (non-hydrogen) atoms. The van der Waals surface area contributed by atoms with Crippen LogP contribution in [0.4, 0.5) is 0 Å². The third-order valence-corrected chi connectivity index (χ3v) is 6.49. The van der Waals surface area contributed by atoms with Crippen LogP contribution in [0, 0.1) is 0 Å². The van der Waals surface area contributed by atoms with Gasteiger partial charge in [-0.3, -0.25) is 4.99 Å². The predicted octanol–water partition coefficient (Wildman–Crippen LogP) is 2.37. The molecule has 0 aliphatic rings. The van der Waals surface area contributed by atoms with E-state index in [1.54, 1.807) is 0 Å². The van der Waals surface area contributed by atoms with Crippen LogP contribution in [0.5, 0.6) is 0 Å². The molecule has 0 atom stereocenters. The third-order valence-electron chi connectivity index (χ3n) is 3.34. The smallest absolute Gasteiger partial charge is 0.374 e. The van der Waals surface area contributed by atoms with Crippen LogP contribution >= 0.6 is 0 Å². The summed E-state index contributed by atoms with van der Waals surface area (Å²) in [7, 11) is -2.50. The van der Waals surface area contributed by atoms with Crippen molar-refractivity contribution >= 4 is 14.8 Å². The molecule has 0 fully saturated rings. The van der Waals surface area contributed by atoms with Crippen LogP contribution in [0.2, 0.25) is 6.04 Å². The first-order chi connectivity index (χ1) is 12.4. The zero-order chi connectivity index (χ0) is 19.8. The van der Waals surface area contributed by atoms with Crippen LogP contribution in [0.1, 0.15) is 54.9 Å². The zero-order valence-corrected chi connectivity index (χ0v) is 19.0. The second kappa shape index (κ2) is 15.4. The van der Waals surface area contributed by atoms with Crippen molar-refractivity contribution in [3.05, 3.63) is 0 Å². The largest absolute Gasteiger partial charge is 0.500 e. The van der Waals surface area contributed by atoms with Gasteiger partial charge in [-0.15, -0.1) is 0 Å². The van der Waals surface area contributed by atoms with Crippen molar-refractivity contribution in [1.82, 2.24) is 16.0 Å². The SMILES string of the molecule is CCO[Si](CCCNCCNC(=NC(C)C)NC(C)C)(OCC)OCC. The maximum Gasteiger partial charge on any atom is 0.500 e. The number of guanidine groups is 1. The molecule has 0 aromatic carbocycles. The van der Waals surface area contributed by atoms with Crippen LogP contribution in [-0.2, 0) is 13.3 Å².